The van der Waals surface area contributed by atoms with Gasteiger partial charge in [-0.2, -0.15) is 9.97 Å². The third kappa shape index (κ3) is 11.8. The zero-order valence-corrected chi connectivity index (χ0v) is 44.8. The van der Waals surface area contributed by atoms with Crippen molar-refractivity contribution in [3.63, 3.8) is 0 Å². The van der Waals surface area contributed by atoms with Gasteiger partial charge < -0.3 is 40.5 Å². The SMILES string of the molecule is C#Cc1c(F)ccc2cc(O)cc(-c3ncc4c(N5CC6CCC(C5)N6)nc(OC5CCN(CCCCCCC(=O)NC(C(=O)N6CCC[C@H]6C(=O)NCc6ccc(C7=C(C)C=CC7)cc6)C(C)(C)C)CC5)nc4c3F)c12. The maximum absolute atomic E-state index is 17.1. The zero-order chi connectivity index (χ0) is 54.0. The summed E-state index contributed by atoms with van der Waals surface area (Å²) in [6, 6.07) is 13.1. The minimum atomic E-state index is -0.761. The van der Waals surface area contributed by atoms with Crippen molar-refractivity contribution in [3.8, 4) is 35.4 Å². The Balaban J connectivity index is 0.702. The van der Waals surface area contributed by atoms with Crippen LogP contribution in [0.4, 0.5) is 14.6 Å². The highest BCUT2D eigenvalue weighted by atomic mass is 19.1. The molecule has 2 bridgehead atoms. The molecule has 0 radical (unpaired) electrons. The van der Waals surface area contributed by atoms with E-state index >= 15 is 8.78 Å². The lowest BCUT2D eigenvalue weighted by atomic mass is 9.85. The summed E-state index contributed by atoms with van der Waals surface area (Å²) in [6.07, 6.45) is 21.0. The Morgan fingerprint density at radius 3 is 2.42 bits per heavy atom. The Morgan fingerprint density at radius 1 is 0.948 bits per heavy atom. The second kappa shape index (κ2) is 22.9. The summed E-state index contributed by atoms with van der Waals surface area (Å²) in [5, 5.41) is 21.6. The normalized spacial score (nSPS) is 20.3. The topological polar surface area (TPSA) is 165 Å². The van der Waals surface area contributed by atoms with Gasteiger partial charge >= 0.3 is 6.01 Å². The second-order valence-corrected chi connectivity index (χ2v) is 22.8. The molecule has 5 aromatic rings. The molecule has 3 unspecified atom stereocenters. The lowest BCUT2D eigenvalue weighted by molar-refractivity contribution is -0.143. The van der Waals surface area contributed by atoms with Crippen LogP contribution in [0.25, 0.3) is 38.5 Å². The van der Waals surface area contributed by atoms with Gasteiger partial charge in [0, 0.05) is 74.9 Å². The van der Waals surface area contributed by atoms with E-state index in [9.17, 15) is 19.5 Å². The van der Waals surface area contributed by atoms with Crippen molar-refractivity contribution in [3.05, 3.63) is 101 Å². The monoisotopic (exact) mass is 1050 g/mol. The summed E-state index contributed by atoms with van der Waals surface area (Å²) in [4.78, 5) is 61.4. The van der Waals surface area contributed by atoms with Crippen LogP contribution in [0.3, 0.4) is 0 Å². The van der Waals surface area contributed by atoms with Gasteiger partial charge in [0.25, 0.3) is 0 Å². The van der Waals surface area contributed by atoms with Crippen molar-refractivity contribution in [2.45, 2.75) is 142 Å². The molecule has 4 N–H and O–H groups in total. The molecule has 3 amide bonds. The number of aromatic hydroxyl groups is 1. The van der Waals surface area contributed by atoms with Gasteiger partial charge in [0.15, 0.2) is 5.82 Å². The number of carbonyl (C=O) groups is 3. The van der Waals surface area contributed by atoms with Gasteiger partial charge in [-0.25, -0.2) is 8.78 Å². The molecule has 6 heterocycles. The summed E-state index contributed by atoms with van der Waals surface area (Å²) in [7, 11) is 0. The van der Waals surface area contributed by atoms with Crippen molar-refractivity contribution < 1.29 is 33.0 Å². The third-order valence-electron chi connectivity index (χ3n) is 16.2. The first-order valence-corrected chi connectivity index (χ1v) is 27.6. The smallest absolute Gasteiger partial charge is 0.319 e. The fourth-order valence-electron chi connectivity index (χ4n) is 12.0. The maximum Gasteiger partial charge on any atom is 0.319 e. The number of benzene rings is 3. The van der Waals surface area contributed by atoms with Crippen LogP contribution in [0.1, 0.15) is 121 Å². The van der Waals surface area contributed by atoms with E-state index in [1.807, 2.05) is 32.9 Å². The number of allylic oxidation sites excluding steroid dienone is 4. The van der Waals surface area contributed by atoms with Crippen LogP contribution in [-0.4, -0.2) is 117 Å². The second-order valence-electron chi connectivity index (χ2n) is 22.8. The maximum atomic E-state index is 17.1. The van der Waals surface area contributed by atoms with Crippen LogP contribution in [0, 0.1) is 29.4 Å². The number of pyridine rings is 1. The zero-order valence-electron chi connectivity index (χ0n) is 44.8. The molecular formula is C61H71F2N9O5. The predicted molar refractivity (Wildman–Crippen MR) is 296 cm³/mol. The number of rotatable bonds is 17. The minimum absolute atomic E-state index is 0.0179. The third-order valence-corrected chi connectivity index (χ3v) is 16.2. The number of ether oxygens (including phenoxy) is 1. The van der Waals surface area contributed by atoms with Crippen LogP contribution >= 0.6 is 0 Å². The fourth-order valence-corrected chi connectivity index (χ4v) is 12.0. The Bertz CT molecular complexity index is 3150. The predicted octanol–water partition coefficient (Wildman–Crippen LogP) is 9.12. The summed E-state index contributed by atoms with van der Waals surface area (Å²) < 4.78 is 38.6. The molecule has 4 saturated heterocycles. The summed E-state index contributed by atoms with van der Waals surface area (Å²) in [6.45, 7) is 12.7. The molecule has 4 atom stereocenters. The first-order valence-electron chi connectivity index (χ1n) is 27.6. The average Bonchev–Trinajstić information content (AvgIpc) is 4.19. The van der Waals surface area contributed by atoms with Gasteiger partial charge in [0.2, 0.25) is 17.7 Å². The molecule has 1 aliphatic carbocycles. The number of fused-ring (bicyclic) bond motifs is 4. The summed E-state index contributed by atoms with van der Waals surface area (Å²) >= 11 is 0. The van der Waals surface area contributed by atoms with E-state index in [4.69, 9.17) is 16.1 Å². The molecule has 14 nitrogen and oxygen atoms in total. The number of nitrogens with one attached hydrogen (secondary N) is 3. The number of nitrogens with zero attached hydrogens (tertiary/aromatic N) is 6. The lowest BCUT2D eigenvalue weighted by Crippen LogP contribution is -2.57. The van der Waals surface area contributed by atoms with Crippen molar-refractivity contribution in [1.82, 2.24) is 40.7 Å². The van der Waals surface area contributed by atoms with E-state index in [1.54, 1.807) is 11.1 Å². The molecule has 5 aliphatic rings. The van der Waals surface area contributed by atoms with Crippen LogP contribution < -0.4 is 25.6 Å². The lowest BCUT2D eigenvalue weighted by Gasteiger charge is -2.35. The van der Waals surface area contributed by atoms with E-state index < -0.39 is 29.1 Å². The highest BCUT2D eigenvalue weighted by Gasteiger charge is 2.42. The highest BCUT2D eigenvalue weighted by Crippen LogP contribution is 2.40. The first kappa shape index (κ1) is 53.4. The van der Waals surface area contributed by atoms with Gasteiger partial charge in [-0.3, -0.25) is 19.4 Å². The van der Waals surface area contributed by atoms with Crippen molar-refractivity contribution >= 4 is 50.8 Å². The number of terminal acetylenes is 1. The number of unbranched alkanes of at least 4 members (excludes halogenated alkanes) is 3. The number of amides is 3. The van der Waals surface area contributed by atoms with E-state index in [2.05, 4.69) is 72.8 Å². The van der Waals surface area contributed by atoms with Crippen molar-refractivity contribution in [2.24, 2.45) is 5.41 Å². The number of halogens is 2. The molecule has 404 valence electrons. The quantitative estimate of drug-likeness (QED) is 0.0519. The first-order chi connectivity index (χ1) is 37.1. The number of anilines is 1. The number of hydrogen-bond donors (Lipinski definition) is 4. The molecule has 4 fully saturated rings. The average molecular weight is 1050 g/mol. The molecule has 2 aromatic heterocycles. The molecular weight excluding hydrogens is 977 g/mol. The van der Waals surface area contributed by atoms with Gasteiger partial charge in [0.05, 0.1) is 10.9 Å². The minimum Gasteiger partial charge on any atom is -0.508 e. The molecule has 3 aromatic carbocycles. The van der Waals surface area contributed by atoms with Gasteiger partial charge in [0.1, 0.15) is 46.8 Å². The van der Waals surface area contributed by atoms with Crippen LogP contribution in [0.2, 0.25) is 0 Å². The Kier molecular flexibility index (Phi) is 15.9. The van der Waals surface area contributed by atoms with Gasteiger partial charge in [-0.15, -0.1) is 6.42 Å². The van der Waals surface area contributed by atoms with E-state index in [-0.39, 0.29) is 75.4 Å². The molecule has 77 heavy (non-hydrogen) atoms. The van der Waals surface area contributed by atoms with E-state index in [0.29, 0.717) is 62.0 Å². The van der Waals surface area contributed by atoms with Crippen LogP contribution in [0.15, 0.2) is 72.5 Å². The number of phenolic OH excluding ortho intramolecular Hbond substituents is 1. The largest absolute Gasteiger partial charge is 0.508 e. The molecule has 0 spiro atoms. The number of aromatic nitrogens is 3. The Hall–Kier alpha value is -6.96. The number of hydrogen-bond acceptors (Lipinski definition) is 11. The molecule has 10 rings (SSSR count). The summed E-state index contributed by atoms with van der Waals surface area (Å²) in [5.74, 6) is 0.868. The molecule has 4 aliphatic heterocycles. The fraction of sp³-hybridized carbons (Fsp3) is 0.475. The van der Waals surface area contributed by atoms with Crippen molar-refractivity contribution in [1.29, 1.82) is 0 Å². The van der Waals surface area contributed by atoms with E-state index in [0.717, 1.165) is 83.0 Å². The molecule has 16 heteroatoms. The van der Waals surface area contributed by atoms with Crippen LogP contribution in [-0.2, 0) is 20.9 Å². The number of likely N-dealkylation sites (tertiary alicyclic amines) is 2. The number of carbonyl (C=O) groups excluding carboxylic acids is 3. The Labute approximate surface area is 450 Å². The Morgan fingerprint density at radius 2 is 1.70 bits per heavy atom. The number of phenols is 1. The summed E-state index contributed by atoms with van der Waals surface area (Å²) in [5.41, 5.74) is 4.22. The van der Waals surface area contributed by atoms with E-state index in [1.165, 1.54) is 41.0 Å². The standard InChI is InChI=1S/C61H71F2N9O5/c1-6-45-49(62)24-21-40-31-43(73)32-47(52(40)45)54-53(63)55-48(34-64-54)57(71-35-41-22-23-42(36-71)66-41)69-60(68-55)77-44-25-29-70(30-26-44)27-10-8-7-9-16-51(74)67-56(61(3,4)5)59(76)72-28-12-15-50(72)58(75)65-33-38-17-19-39(20-18-38)46-14-11-13-37(46)2/h1,11,13,17-21,24,31-32,34,41-42,44,50,56,66,73H,7-10,12,14-16,22-23,25-30,33,35-36H2,2-5H3,(H,65,75)(H,67,74)/t41?,42?,50-,56?/m0/s1. The highest BCUT2D eigenvalue weighted by molar-refractivity contribution is 6.03. The van der Waals surface area contributed by atoms with Gasteiger partial charge in [-0.05, 0) is 123 Å². The molecule has 0 saturated carbocycles. The number of piperazine rings is 1. The van der Waals surface area contributed by atoms with Gasteiger partial charge in [-0.1, -0.05) is 82.0 Å². The number of piperidine rings is 1. The van der Waals surface area contributed by atoms with Crippen LogP contribution in [0.5, 0.6) is 11.8 Å². The van der Waals surface area contributed by atoms with Crippen molar-refractivity contribution in [2.75, 3.05) is 44.2 Å².